The van der Waals surface area contributed by atoms with Gasteiger partial charge in [-0.25, -0.2) is 4.98 Å². The highest BCUT2D eigenvalue weighted by Gasteiger charge is 2.07. The number of nitrogens with zero attached hydrogens (tertiary/aromatic N) is 3. The van der Waals surface area contributed by atoms with Gasteiger partial charge in [-0.1, -0.05) is 23.1 Å². The number of aromatic nitrogens is 4. The second-order valence-corrected chi connectivity index (χ2v) is 6.50. The Labute approximate surface area is 128 Å². The molecule has 0 radical (unpaired) electrons. The molecule has 0 bridgehead atoms. The van der Waals surface area contributed by atoms with Crippen LogP contribution in [0.5, 0.6) is 5.75 Å². The standard InChI is InChI=1S/C12H11ClN4OS2/c1-2-18-7-3-4-8-9(5-7)15-12(14-8)19-6-10-16-17-11(13)20-10/h3-5H,2,6H2,1H3,(H,14,15). The van der Waals surface area contributed by atoms with E-state index in [4.69, 9.17) is 16.3 Å². The van der Waals surface area contributed by atoms with Gasteiger partial charge < -0.3 is 9.72 Å². The fourth-order valence-electron chi connectivity index (χ4n) is 1.71. The van der Waals surface area contributed by atoms with E-state index in [0.717, 1.165) is 26.9 Å². The number of H-pyrrole nitrogens is 1. The van der Waals surface area contributed by atoms with Gasteiger partial charge in [0.1, 0.15) is 10.8 Å². The lowest BCUT2D eigenvalue weighted by molar-refractivity contribution is 0.340. The van der Waals surface area contributed by atoms with Gasteiger partial charge in [0.2, 0.25) is 4.47 Å². The maximum atomic E-state index is 5.75. The Morgan fingerprint density at radius 3 is 3.05 bits per heavy atom. The van der Waals surface area contributed by atoms with Crippen LogP contribution >= 0.6 is 34.7 Å². The smallest absolute Gasteiger partial charge is 0.207 e. The highest BCUT2D eigenvalue weighted by molar-refractivity contribution is 7.98. The van der Waals surface area contributed by atoms with E-state index in [9.17, 15) is 0 Å². The molecule has 5 nitrogen and oxygen atoms in total. The Kier molecular flexibility index (Phi) is 4.09. The van der Waals surface area contributed by atoms with Crippen molar-refractivity contribution in [1.29, 1.82) is 0 Å². The fourth-order valence-corrected chi connectivity index (χ4v) is 3.45. The van der Waals surface area contributed by atoms with Crippen molar-refractivity contribution >= 4 is 45.7 Å². The van der Waals surface area contributed by atoms with E-state index in [0.29, 0.717) is 16.8 Å². The second kappa shape index (κ2) is 5.99. The van der Waals surface area contributed by atoms with Crippen LogP contribution in [0.25, 0.3) is 11.0 Å². The van der Waals surface area contributed by atoms with Gasteiger partial charge in [0.25, 0.3) is 0 Å². The molecule has 20 heavy (non-hydrogen) atoms. The molecule has 3 aromatic rings. The number of fused-ring (bicyclic) bond motifs is 1. The summed E-state index contributed by atoms with van der Waals surface area (Å²) in [4.78, 5) is 7.78. The summed E-state index contributed by atoms with van der Waals surface area (Å²) in [6.45, 7) is 2.62. The summed E-state index contributed by atoms with van der Waals surface area (Å²) in [6.07, 6.45) is 0. The first-order valence-electron chi connectivity index (χ1n) is 5.98. The molecule has 8 heteroatoms. The first-order chi connectivity index (χ1) is 9.74. The third kappa shape index (κ3) is 3.05. The number of imidazole rings is 1. The van der Waals surface area contributed by atoms with E-state index in [-0.39, 0.29) is 0 Å². The second-order valence-electron chi connectivity index (χ2n) is 3.89. The normalized spacial score (nSPS) is 11.1. The molecular weight excluding hydrogens is 316 g/mol. The van der Waals surface area contributed by atoms with E-state index in [2.05, 4.69) is 20.2 Å². The summed E-state index contributed by atoms with van der Waals surface area (Å²) in [6, 6.07) is 5.83. The van der Waals surface area contributed by atoms with Crippen LogP contribution in [0.4, 0.5) is 0 Å². The summed E-state index contributed by atoms with van der Waals surface area (Å²) >= 11 is 8.71. The molecule has 0 saturated heterocycles. The zero-order valence-corrected chi connectivity index (χ0v) is 13.0. The molecule has 1 aromatic carbocycles. The van der Waals surface area contributed by atoms with Gasteiger partial charge in [0, 0.05) is 6.07 Å². The lowest BCUT2D eigenvalue weighted by atomic mass is 10.3. The van der Waals surface area contributed by atoms with Gasteiger partial charge in [0.15, 0.2) is 5.16 Å². The molecule has 0 amide bonds. The van der Waals surface area contributed by atoms with Crippen molar-refractivity contribution in [3.05, 3.63) is 27.7 Å². The van der Waals surface area contributed by atoms with Gasteiger partial charge in [-0.3, -0.25) is 0 Å². The molecular formula is C12H11ClN4OS2. The number of rotatable bonds is 5. The number of halogens is 1. The molecule has 0 atom stereocenters. The van der Waals surface area contributed by atoms with Crippen molar-refractivity contribution in [3.63, 3.8) is 0 Å². The number of aromatic amines is 1. The molecule has 0 unspecified atom stereocenters. The minimum absolute atomic E-state index is 0.464. The topological polar surface area (TPSA) is 63.7 Å². The van der Waals surface area contributed by atoms with Gasteiger partial charge >= 0.3 is 0 Å². The molecule has 0 aliphatic carbocycles. The van der Waals surface area contributed by atoms with E-state index < -0.39 is 0 Å². The highest BCUT2D eigenvalue weighted by Crippen LogP contribution is 2.27. The molecule has 0 aliphatic heterocycles. The van der Waals surface area contributed by atoms with Gasteiger partial charge in [-0.05, 0) is 30.7 Å². The summed E-state index contributed by atoms with van der Waals surface area (Å²) in [5.74, 6) is 1.54. The molecule has 0 spiro atoms. The number of hydrogen-bond acceptors (Lipinski definition) is 6. The number of nitrogens with one attached hydrogen (secondary N) is 1. The quantitative estimate of drug-likeness (QED) is 0.723. The van der Waals surface area contributed by atoms with Crippen LogP contribution in [0.3, 0.4) is 0 Å². The van der Waals surface area contributed by atoms with Crippen molar-refractivity contribution in [3.8, 4) is 5.75 Å². The SMILES string of the molecule is CCOc1ccc2nc(SCc3nnc(Cl)s3)[nH]c2c1. The third-order valence-electron chi connectivity index (χ3n) is 2.52. The molecule has 1 N–H and O–H groups in total. The Bertz CT molecular complexity index is 727. The largest absolute Gasteiger partial charge is 0.494 e. The van der Waals surface area contributed by atoms with Crippen molar-refractivity contribution < 1.29 is 4.74 Å². The maximum absolute atomic E-state index is 5.75. The number of ether oxygens (including phenoxy) is 1. The van der Waals surface area contributed by atoms with E-state index >= 15 is 0 Å². The van der Waals surface area contributed by atoms with Crippen molar-refractivity contribution in [2.75, 3.05) is 6.61 Å². The Balaban J connectivity index is 1.75. The zero-order valence-electron chi connectivity index (χ0n) is 10.6. The monoisotopic (exact) mass is 326 g/mol. The Morgan fingerprint density at radius 2 is 2.30 bits per heavy atom. The Hall–Kier alpha value is -1.31. The first-order valence-corrected chi connectivity index (χ1v) is 8.16. The summed E-state index contributed by atoms with van der Waals surface area (Å²) in [7, 11) is 0. The van der Waals surface area contributed by atoms with Crippen LogP contribution in [0.1, 0.15) is 11.9 Å². The zero-order chi connectivity index (χ0) is 13.9. The molecule has 3 rings (SSSR count). The third-order valence-corrected chi connectivity index (χ3v) is 4.60. The van der Waals surface area contributed by atoms with E-state index in [1.165, 1.54) is 11.3 Å². The maximum Gasteiger partial charge on any atom is 0.207 e. The van der Waals surface area contributed by atoms with Crippen molar-refractivity contribution in [2.24, 2.45) is 0 Å². The average molecular weight is 327 g/mol. The molecule has 0 aliphatic rings. The molecule has 0 saturated carbocycles. The van der Waals surface area contributed by atoms with E-state index in [1.54, 1.807) is 11.8 Å². The summed E-state index contributed by atoms with van der Waals surface area (Å²) in [5, 5.41) is 9.49. The lowest BCUT2D eigenvalue weighted by Crippen LogP contribution is -1.90. The van der Waals surface area contributed by atoms with Crippen LogP contribution < -0.4 is 4.74 Å². The number of benzene rings is 1. The predicted molar refractivity (Wildman–Crippen MR) is 81.7 cm³/mol. The van der Waals surface area contributed by atoms with E-state index in [1.807, 2.05) is 25.1 Å². The Morgan fingerprint density at radius 1 is 1.40 bits per heavy atom. The van der Waals surface area contributed by atoms with Gasteiger partial charge in [-0.15, -0.1) is 10.2 Å². The average Bonchev–Trinajstić information content (AvgIpc) is 3.02. The number of thioether (sulfide) groups is 1. The van der Waals surface area contributed by atoms with Crippen LogP contribution in [-0.2, 0) is 5.75 Å². The first kappa shape index (κ1) is 13.7. The van der Waals surface area contributed by atoms with Crippen LogP contribution in [-0.4, -0.2) is 26.8 Å². The molecule has 2 heterocycles. The predicted octanol–water partition coefficient (Wildman–Crippen LogP) is 3.76. The van der Waals surface area contributed by atoms with Gasteiger partial charge in [-0.2, -0.15) is 0 Å². The van der Waals surface area contributed by atoms with Gasteiger partial charge in [0.05, 0.1) is 23.4 Å². The van der Waals surface area contributed by atoms with Crippen molar-refractivity contribution in [2.45, 2.75) is 17.8 Å². The van der Waals surface area contributed by atoms with Crippen molar-refractivity contribution in [1.82, 2.24) is 20.2 Å². The minimum Gasteiger partial charge on any atom is -0.494 e. The lowest BCUT2D eigenvalue weighted by Gasteiger charge is -2.00. The summed E-state index contributed by atoms with van der Waals surface area (Å²) < 4.78 is 5.93. The summed E-state index contributed by atoms with van der Waals surface area (Å²) in [5.41, 5.74) is 1.89. The van der Waals surface area contributed by atoms with Crippen LogP contribution in [0.2, 0.25) is 4.47 Å². The van der Waals surface area contributed by atoms with Crippen LogP contribution in [0.15, 0.2) is 23.4 Å². The highest BCUT2D eigenvalue weighted by atomic mass is 35.5. The molecule has 104 valence electrons. The minimum atomic E-state index is 0.464. The number of hydrogen-bond donors (Lipinski definition) is 1. The fraction of sp³-hybridized carbons (Fsp3) is 0.250. The molecule has 2 aromatic heterocycles. The van der Waals surface area contributed by atoms with Crippen LogP contribution in [0, 0.1) is 0 Å². The molecule has 0 fully saturated rings.